The molecule has 0 aliphatic rings. The number of carbonyl (C=O) groups excluding carboxylic acids is 1. The van der Waals surface area contributed by atoms with Crippen molar-refractivity contribution in [1.29, 1.82) is 0 Å². The summed E-state index contributed by atoms with van der Waals surface area (Å²) in [6.07, 6.45) is 0. The summed E-state index contributed by atoms with van der Waals surface area (Å²) in [7, 11) is 0. The normalized spacial score (nSPS) is 10.8. The molecule has 2 aromatic rings. The molecule has 0 spiro atoms. The van der Waals surface area contributed by atoms with Crippen molar-refractivity contribution in [3.63, 3.8) is 0 Å². The van der Waals surface area contributed by atoms with Gasteiger partial charge in [0, 0.05) is 6.92 Å². The number of carbonyl (C=O) groups is 1. The Kier molecular flexibility index (Phi) is 4.34. The fraction of sp³-hybridized carbons (Fsp3) is 0.385. The van der Waals surface area contributed by atoms with Crippen LogP contribution in [0, 0.1) is 5.92 Å². The van der Waals surface area contributed by atoms with E-state index in [-0.39, 0.29) is 11.9 Å². The van der Waals surface area contributed by atoms with Gasteiger partial charge < -0.3 is 4.74 Å². The third-order valence-corrected chi connectivity index (χ3v) is 2.53. The molecule has 0 bridgehead atoms. The standard InChI is InChI=1S/C13H15ClN4O2/c1-7(2)6-20-12-11-9(4-5-10(14)17-11)16-13(18-12)15-8(3)19/h4-5,7H,6H2,1-3H3,(H,15,16,18,19). The average molecular weight is 295 g/mol. The summed E-state index contributed by atoms with van der Waals surface area (Å²) in [5, 5.41) is 2.87. The van der Waals surface area contributed by atoms with E-state index in [2.05, 4.69) is 20.3 Å². The Morgan fingerprint density at radius 1 is 1.35 bits per heavy atom. The molecule has 1 N–H and O–H groups in total. The molecular formula is C13H15ClN4O2. The number of amides is 1. The summed E-state index contributed by atoms with van der Waals surface area (Å²) in [6.45, 7) is 5.93. The third-order valence-electron chi connectivity index (χ3n) is 2.32. The first-order valence-corrected chi connectivity index (χ1v) is 6.58. The van der Waals surface area contributed by atoms with Gasteiger partial charge >= 0.3 is 0 Å². The number of rotatable bonds is 4. The zero-order chi connectivity index (χ0) is 14.7. The van der Waals surface area contributed by atoms with E-state index in [0.717, 1.165) is 0 Å². The van der Waals surface area contributed by atoms with Crippen LogP contribution in [-0.4, -0.2) is 27.5 Å². The second-order valence-electron chi connectivity index (χ2n) is 4.74. The van der Waals surface area contributed by atoms with Crippen molar-refractivity contribution in [3.05, 3.63) is 17.3 Å². The first-order valence-electron chi connectivity index (χ1n) is 6.20. The lowest BCUT2D eigenvalue weighted by Gasteiger charge is -2.11. The van der Waals surface area contributed by atoms with Gasteiger partial charge in [-0.15, -0.1) is 0 Å². The SMILES string of the molecule is CC(=O)Nc1nc(OCC(C)C)c2nc(Cl)ccc2n1. The molecular weight excluding hydrogens is 280 g/mol. The average Bonchev–Trinajstić information content (AvgIpc) is 2.35. The second-order valence-corrected chi connectivity index (χ2v) is 5.13. The predicted molar refractivity (Wildman–Crippen MR) is 77.0 cm³/mol. The van der Waals surface area contributed by atoms with Crippen molar-refractivity contribution in [2.45, 2.75) is 20.8 Å². The van der Waals surface area contributed by atoms with Crippen LogP contribution in [0.15, 0.2) is 12.1 Å². The van der Waals surface area contributed by atoms with Gasteiger partial charge in [0.25, 0.3) is 0 Å². The number of anilines is 1. The van der Waals surface area contributed by atoms with E-state index in [1.54, 1.807) is 12.1 Å². The van der Waals surface area contributed by atoms with Gasteiger partial charge in [-0.1, -0.05) is 25.4 Å². The van der Waals surface area contributed by atoms with Crippen molar-refractivity contribution < 1.29 is 9.53 Å². The van der Waals surface area contributed by atoms with Gasteiger partial charge in [0.1, 0.15) is 5.15 Å². The zero-order valence-electron chi connectivity index (χ0n) is 11.5. The Bertz CT molecular complexity index is 646. The number of hydrogen-bond acceptors (Lipinski definition) is 5. The van der Waals surface area contributed by atoms with Gasteiger partial charge in [-0.05, 0) is 18.1 Å². The molecule has 2 aromatic heterocycles. The predicted octanol–water partition coefficient (Wildman–Crippen LogP) is 2.67. The summed E-state index contributed by atoms with van der Waals surface area (Å²) in [4.78, 5) is 23.7. The van der Waals surface area contributed by atoms with Crippen LogP contribution in [0.5, 0.6) is 5.88 Å². The lowest BCUT2D eigenvalue weighted by molar-refractivity contribution is -0.114. The Hall–Kier alpha value is -1.95. The van der Waals surface area contributed by atoms with Gasteiger partial charge in [0.15, 0.2) is 5.52 Å². The summed E-state index contributed by atoms with van der Waals surface area (Å²) in [5.41, 5.74) is 1.04. The molecule has 106 valence electrons. The van der Waals surface area contributed by atoms with Gasteiger partial charge in [-0.25, -0.2) is 9.97 Å². The molecule has 20 heavy (non-hydrogen) atoms. The highest BCUT2D eigenvalue weighted by atomic mass is 35.5. The number of halogens is 1. The molecule has 0 aromatic carbocycles. The van der Waals surface area contributed by atoms with Crippen LogP contribution in [0.1, 0.15) is 20.8 Å². The van der Waals surface area contributed by atoms with E-state index in [4.69, 9.17) is 16.3 Å². The maximum Gasteiger partial charge on any atom is 0.245 e. The highest BCUT2D eigenvalue weighted by Crippen LogP contribution is 2.24. The van der Waals surface area contributed by atoms with E-state index >= 15 is 0 Å². The summed E-state index contributed by atoms with van der Waals surface area (Å²) in [5.74, 6) is 0.590. The van der Waals surface area contributed by atoms with E-state index < -0.39 is 0 Å². The third kappa shape index (κ3) is 3.54. The smallest absolute Gasteiger partial charge is 0.245 e. The quantitative estimate of drug-likeness (QED) is 0.877. The Morgan fingerprint density at radius 2 is 2.10 bits per heavy atom. The molecule has 0 fully saturated rings. The summed E-state index contributed by atoms with van der Waals surface area (Å²) >= 11 is 5.89. The van der Waals surface area contributed by atoms with Gasteiger partial charge in [0.05, 0.1) is 12.1 Å². The van der Waals surface area contributed by atoms with Crippen molar-refractivity contribution >= 4 is 34.5 Å². The minimum absolute atomic E-state index is 0.188. The van der Waals surface area contributed by atoms with Crippen LogP contribution in [-0.2, 0) is 4.79 Å². The van der Waals surface area contributed by atoms with Crippen molar-refractivity contribution in [2.75, 3.05) is 11.9 Å². The molecule has 2 rings (SSSR count). The van der Waals surface area contributed by atoms with Crippen LogP contribution in [0.25, 0.3) is 11.0 Å². The number of nitrogens with one attached hydrogen (secondary N) is 1. The molecule has 6 nitrogen and oxygen atoms in total. The number of pyridine rings is 1. The van der Waals surface area contributed by atoms with E-state index in [0.29, 0.717) is 34.6 Å². The molecule has 2 heterocycles. The van der Waals surface area contributed by atoms with Crippen molar-refractivity contribution in [1.82, 2.24) is 15.0 Å². The topological polar surface area (TPSA) is 77.0 Å². The van der Waals surface area contributed by atoms with E-state index in [1.165, 1.54) is 6.92 Å². The fourth-order valence-corrected chi connectivity index (χ4v) is 1.67. The lowest BCUT2D eigenvalue weighted by Crippen LogP contribution is -2.12. The number of aromatic nitrogens is 3. The molecule has 0 saturated heterocycles. The summed E-state index contributed by atoms with van der Waals surface area (Å²) in [6, 6.07) is 3.33. The Labute approximate surface area is 121 Å². The highest BCUT2D eigenvalue weighted by Gasteiger charge is 2.12. The molecule has 1 amide bonds. The maximum absolute atomic E-state index is 11.1. The highest BCUT2D eigenvalue weighted by molar-refractivity contribution is 6.29. The number of hydrogen-bond donors (Lipinski definition) is 1. The van der Waals surface area contributed by atoms with Crippen LogP contribution in [0.2, 0.25) is 5.15 Å². The van der Waals surface area contributed by atoms with Crippen LogP contribution in [0.3, 0.4) is 0 Å². The molecule has 0 atom stereocenters. The Morgan fingerprint density at radius 3 is 2.75 bits per heavy atom. The largest absolute Gasteiger partial charge is 0.476 e. The van der Waals surface area contributed by atoms with E-state index in [1.807, 2.05) is 13.8 Å². The number of ether oxygens (including phenoxy) is 1. The zero-order valence-corrected chi connectivity index (χ0v) is 12.2. The fourth-order valence-electron chi connectivity index (χ4n) is 1.52. The Balaban J connectivity index is 2.48. The first-order chi connectivity index (χ1) is 9.45. The number of fused-ring (bicyclic) bond motifs is 1. The van der Waals surface area contributed by atoms with Crippen molar-refractivity contribution in [2.24, 2.45) is 5.92 Å². The van der Waals surface area contributed by atoms with Gasteiger partial charge in [-0.2, -0.15) is 4.98 Å². The lowest BCUT2D eigenvalue weighted by atomic mass is 10.2. The van der Waals surface area contributed by atoms with Gasteiger partial charge in [0.2, 0.25) is 17.7 Å². The van der Waals surface area contributed by atoms with Crippen LogP contribution < -0.4 is 10.1 Å². The molecule has 7 heteroatoms. The second kappa shape index (κ2) is 6.00. The first kappa shape index (κ1) is 14.5. The molecule has 0 saturated carbocycles. The number of nitrogens with zero attached hydrogens (tertiary/aromatic N) is 3. The van der Waals surface area contributed by atoms with Crippen LogP contribution in [0.4, 0.5) is 5.95 Å². The van der Waals surface area contributed by atoms with Crippen molar-refractivity contribution in [3.8, 4) is 5.88 Å². The van der Waals surface area contributed by atoms with Crippen LogP contribution >= 0.6 is 11.6 Å². The minimum atomic E-state index is -0.249. The summed E-state index contributed by atoms with van der Waals surface area (Å²) < 4.78 is 5.63. The van der Waals surface area contributed by atoms with E-state index in [9.17, 15) is 4.79 Å². The van der Waals surface area contributed by atoms with Gasteiger partial charge in [-0.3, -0.25) is 10.1 Å². The monoisotopic (exact) mass is 294 g/mol. The molecule has 0 radical (unpaired) electrons. The molecule has 0 unspecified atom stereocenters. The maximum atomic E-state index is 11.1. The molecule has 0 aliphatic heterocycles. The molecule has 0 aliphatic carbocycles. The minimum Gasteiger partial charge on any atom is -0.476 e.